The summed E-state index contributed by atoms with van der Waals surface area (Å²) in [6.07, 6.45) is 0.428. The van der Waals surface area contributed by atoms with E-state index in [0.717, 1.165) is 5.57 Å². The molecule has 0 atom stereocenters. The van der Waals surface area contributed by atoms with Crippen LogP contribution in [0.1, 0.15) is 13.3 Å². The van der Waals surface area contributed by atoms with Gasteiger partial charge in [-0.05, 0) is 6.92 Å². The maximum absolute atomic E-state index is 5.40. The van der Waals surface area contributed by atoms with Gasteiger partial charge in [-0.2, -0.15) is 0 Å². The molecule has 0 aromatic rings. The minimum Gasteiger partial charge on any atom is -0.1000 e. The Morgan fingerprint density at radius 3 is 1.88 bits per heavy atom. The minimum absolute atomic E-state index is 0.428. The van der Waals surface area contributed by atoms with Crippen LogP contribution in [0, 0.1) is 0 Å². The number of rotatable bonds is 1. The Kier molecular flexibility index (Phi) is 3.18. The lowest BCUT2D eigenvalue weighted by Gasteiger charge is -2.08. The van der Waals surface area contributed by atoms with Gasteiger partial charge in [-0.1, -0.05) is 47.0 Å². The van der Waals surface area contributed by atoms with Crippen molar-refractivity contribution in [2.45, 2.75) is 17.1 Å². The Balaban J connectivity index is 3.55. The summed E-state index contributed by atoms with van der Waals surface area (Å²) in [4.78, 5) is 0. The van der Waals surface area contributed by atoms with E-state index in [0.29, 0.717) is 6.42 Å². The highest BCUT2D eigenvalue weighted by molar-refractivity contribution is 6.67. The van der Waals surface area contributed by atoms with Crippen LogP contribution in [0.3, 0.4) is 0 Å². The molecule has 0 aliphatic rings. The van der Waals surface area contributed by atoms with E-state index in [-0.39, 0.29) is 0 Å². The van der Waals surface area contributed by atoms with Crippen LogP contribution in [0.4, 0.5) is 0 Å². The minimum atomic E-state index is -1.16. The van der Waals surface area contributed by atoms with Crippen molar-refractivity contribution < 1.29 is 0 Å². The molecule has 0 saturated heterocycles. The van der Waals surface area contributed by atoms with E-state index < -0.39 is 3.79 Å². The van der Waals surface area contributed by atoms with Gasteiger partial charge < -0.3 is 0 Å². The number of halogens is 3. The monoisotopic (exact) mass is 172 g/mol. The summed E-state index contributed by atoms with van der Waals surface area (Å²) in [7, 11) is 0. The highest BCUT2D eigenvalue weighted by Crippen LogP contribution is 2.32. The summed E-state index contributed by atoms with van der Waals surface area (Å²) in [6, 6.07) is 0. The molecule has 0 spiro atoms. The third-order valence-electron chi connectivity index (χ3n) is 0.502. The molecule has 0 saturated carbocycles. The van der Waals surface area contributed by atoms with Gasteiger partial charge in [0.05, 0.1) is 0 Å². The molecule has 0 aliphatic heterocycles. The quantitative estimate of drug-likeness (QED) is 0.421. The lowest BCUT2D eigenvalue weighted by atomic mass is 10.3. The molecular weight excluding hydrogens is 166 g/mol. The first kappa shape index (κ1) is 8.61. The zero-order valence-electron chi connectivity index (χ0n) is 4.55. The van der Waals surface area contributed by atoms with Crippen molar-refractivity contribution in [3.63, 3.8) is 0 Å². The summed E-state index contributed by atoms with van der Waals surface area (Å²) in [5, 5.41) is 0. The predicted molar refractivity (Wildman–Crippen MR) is 39.7 cm³/mol. The Hall–Kier alpha value is 0.610. The zero-order chi connectivity index (χ0) is 6.78. The van der Waals surface area contributed by atoms with Crippen LogP contribution in [0.15, 0.2) is 12.2 Å². The van der Waals surface area contributed by atoms with E-state index in [1.54, 1.807) is 0 Å². The summed E-state index contributed by atoms with van der Waals surface area (Å²) in [5.41, 5.74) is 0.880. The molecule has 0 heterocycles. The van der Waals surface area contributed by atoms with Crippen molar-refractivity contribution in [2.75, 3.05) is 0 Å². The standard InChI is InChI=1S/C5H7Cl3/c1-4(2)3-5(6,7)8/h1,3H2,2H3. The molecule has 3 heteroatoms. The van der Waals surface area contributed by atoms with Crippen molar-refractivity contribution in [1.29, 1.82) is 0 Å². The fraction of sp³-hybridized carbons (Fsp3) is 0.600. The van der Waals surface area contributed by atoms with Crippen LogP contribution in [-0.2, 0) is 0 Å². The lowest BCUT2D eigenvalue weighted by Crippen LogP contribution is -2.00. The topological polar surface area (TPSA) is 0 Å². The smallest absolute Gasteiger partial charge is 0.1000 e. The lowest BCUT2D eigenvalue weighted by molar-refractivity contribution is 1.00. The van der Waals surface area contributed by atoms with Gasteiger partial charge in [0.1, 0.15) is 0 Å². The molecular formula is C5H7Cl3. The SMILES string of the molecule is C=C(C)CC(Cl)(Cl)Cl. The first-order valence-corrected chi connectivity index (χ1v) is 3.26. The summed E-state index contributed by atoms with van der Waals surface area (Å²) >= 11 is 16.2. The van der Waals surface area contributed by atoms with Gasteiger partial charge >= 0.3 is 0 Å². The van der Waals surface area contributed by atoms with E-state index >= 15 is 0 Å². The molecule has 0 unspecified atom stereocenters. The Bertz CT molecular complexity index is 90.3. The normalized spacial score (nSPS) is 11.5. The van der Waals surface area contributed by atoms with Crippen molar-refractivity contribution in [1.82, 2.24) is 0 Å². The molecule has 48 valence electrons. The van der Waals surface area contributed by atoms with Gasteiger partial charge in [0.2, 0.25) is 0 Å². The second-order valence-corrected chi connectivity index (χ2v) is 4.27. The van der Waals surface area contributed by atoms with E-state index in [4.69, 9.17) is 34.8 Å². The molecule has 0 amide bonds. The molecule has 8 heavy (non-hydrogen) atoms. The Morgan fingerprint density at radius 2 is 1.88 bits per heavy atom. The van der Waals surface area contributed by atoms with Crippen molar-refractivity contribution >= 4 is 34.8 Å². The number of allylic oxidation sites excluding steroid dienone is 1. The summed E-state index contributed by atoms with van der Waals surface area (Å²) in [6.45, 7) is 5.41. The van der Waals surface area contributed by atoms with Gasteiger partial charge in [-0.15, -0.1) is 0 Å². The first-order chi connectivity index (χ1) is 3.42. The molecule has 0 N–H and O–H groups in total. The highest BCUT2D eigenvalue weighted by Gasteiger charge is 2.18. The fourth-order valence-corrected chi connectivity index (χ4v) is 1.03. The number of hydrogen-bond acceptors (Lipinski definition) is 0. The molecule has 0 aromatic carbocycles. The Labute approximate surface area is 64.4 Å². The van der Waals surface area contributed by atoms with Crippen LogP contribution in [0.25, 0.3) is 0 Å². The molecule has 0 nitrogen and oxygen atoms in total. The summed E-state index contributed by atoms with van der Waals surface area (Å²) < 4.78 is -1.16. The second kappa shape index (κ2) is 2.95. The average molecular weight is 173 g/mol. The van der Waals surface area contributed by atoms with Gasteiger partial charge in [-0.25, -0.2) is 0 Å². The maximum Gasteiger partial charge on any atom is 0.194 e. The van der Waals surface area contributed by atoms with E-state index in [2.05, 4.69) is 6.58 Å². The summed E-state index contributed by atoms with van der Waals surface area (Å²) in [5.74, 6) is 0. The molecule has 0 radical (unpaired) electrons. The molecule has 0 aliphatic carbocycles. The van der Waals surface area contributed by atoms with Crippen molar-refractivity contribution in [3.8, 4) is 0 Å². The predicted octanol–water partition coefficient (Wildman–Crippen LogP) is 3.32. The number of alkyl halides is 3. The van der Waals surface area contributed by atoms with Crippen LogP contribution < -0.4 is 0 Å². The van der Waals surface area contributed by atoms with Crippen LogP contribution >= 0.6 is 34.8 Å². The zero-order valence-corrected chi connectivity index (χ0v) is 6.82. The molecule has 0 aromatic heterocycles. The second-order valence-electron chi connectivity index (χ2n) is 1.75. The van der Waals surface area contributed by atoms with Crippen LogP contribution in [-0.4, -0.2) is 3.79 Å². The average Bonchev–Trinajstić information content (AvgIpc) is 1.21. The van der Waals surface area contributed by atoms with E-state index in [1.807, 2.05) is 6.92 Å². The van der Waals surface area contributed by atoms with E-state index in [1.165, 1.54) is 0 Å². The van der Waals surface area contributed by atoms with Crippen molar-refractivity contribution in [2.24, 2.45) is 0 Å². The third-order valence-corrected chi connectivity index (χ3v) is 0.903. The third kappa shape index (κ3) is 6.61. The molecule has 0 fully saturated rings. The first-order valence-electron chi connectivity index (χ1n) is 2.13. The molecule has 0 rings (SSSR count). The van der Waals surface area contributed by atoms with Crippen LogP contribution in [0.5, 0.6) is 0 Å². The Morgan fingerprint density at radius 1 is 1.50 bits per heavy atom. The van der Waals surface area contributed by atoms with Gasteiger partial charge in [0.15, 0.2) is 3.79 Å². The number of hydrogen-bond donors (Lipinski definition) is 0. The van der Waals surface area contributed by atoms with Gasteiger partial charge in [-0.3, -0.25) is 0 Å². The van der Waals surface area contributed by atoms with Crippen LogP contribution in [0.2, 0.25) is 0 Å². The highest BCUT2D eigenvalue weighted by atomic mass is 35.6. The molecule has 0 bridgehead atoms. The van der Waals surface area contributed by atoms with Crippen molar-refractivity contribution in [3.05, 3.63) is 12.2 Å². The fourth-order valence-electron chi connectivity index (χ4n) is 0.342. The maximum atomic E-state index is 5.40. The van der Waals surface area contributed by atoms with E-state index in [9.17, 15) is 0 Å². The van der Waals surface area contributed by atoms with Gasteiger partial charge in [0, 0.05) is 6.42 Å². The largest absolute Gasteiger partial charge is 0.194 e. The van der Waals surface area contributed by atoms with Gasteiger partial charge in [0.25, 0.3) is 0 Å².